The third kappa shape index (κ3) is 3.77. The van der Waals surface area contributed by atoms with Gasteiger partial charge in [-0.25, -0.2) is 0 Å². The molecule has 1 aromatic heterocycles. The quantitative estimate of drug-likeness (QED) is 0.215. The molecule has 0 saturated heterocycles. The van der Waals surface area contributed by atoms with Crippen molar-refractivity contribution in [1.82, 2.24) is 15.2 Å². The standard InChI is InChI=1S/C39H28N4/c1-2-10-27(11-3-1)43-36-17-9-8-16-33(36)35-23-26(19-21-37(35)43)39-41-24-40-38(42-39)25-18-20-32-30-14-5-4-12-28(30)29-13-6-7-15-31(29)34(32)22-25/h1-23,39,41H,24H2,(H,40,42). The van der Waals surface area contributed by atoms with Crippen LogP contribution in [-0.4, -0.2) is 17.1 Å². The summed E-state index contributed by atoms with van der Waals surface area (Å²) in [6.07, 6.45) is -0.0558. The summed E-state index contributed by atoms with van der Waals surface area (Å²) in [5.41, 5.74) is 5.87. The molecule has 1 atom stereocenters. The molecule has 8 aromatic rings. The summed E-state index contributed by atoms with van der Waals surface area (Å²) in [5.74, 6) is 0.912. The van der Waals surface area contributed by atoms with Gasteiger partial charge in [0.1, 0.15) is 12.0 Å². The number of aromatic nitrogens is 1. The lowest BCUT2D eigenvalue weighted by molar-refractivity contribution is 0.493. The molecule has 0 saturated carbocycles. The summed E-state index contributed by atoms with van der Waals surface area (Å²) in [6.45, 7) is 0.549. The Morgan fingerprint density at radius 1 is 0.512 bits per heavy atom. The van der Waals surface area contributed by atoms with Gasteiger partial charge in [0.25, 0.3) is 0 Å². The average Bonchev–Trinajstić information content (AvgIpc) is 3.42. The third-order valence-electron chi connectivity index (χ3n) is 8.88. The lowest BCUT2D eigenvalue weighted by atomic mass is 9.93. The highest BCUT2D eigenvalue weighted by atomic mass is 15.2. The largest absolute Gasteiger partial charge is 0.350 e. The topological polar surface area (TPSA) is 41.4 Å². The minimum Gasteiger partial charge on any atom is -0.350 e. The Balaban J connectivity index is 1.13. The van der Waals surface area contributed by atoms with Crippen molar-refractivity contribution in [2.75, 3.05) is 6.67 Å². The summed E-state index contributed by atoms with van der Waals surface area (Å²) in [4.78, 5) is 4.87. The average molecular weight is 553 g/mol. The van der Waals surface area contributed by atoms with Crippen molar-refractivity contribution >= 4 is 60.0 Å². The summed E-state index contributed by atoms with van der Waals surface area (Å²) >= 11 is 0. The van der Waals surface area contributed by atoms with Gasteiger partial charge in [-0.3, -0.25) is 10.3 Å². The fourth-order valence-corrected chi connectivity index (χ4v) is 6.91. The molecule has 0 aliphatic carbocycles. The second-order valence-electron chi connectivity index (χ2n) is 11.3. The molecule has 7 aromatic carbocycles. The Morgan fingerprint density at radius 2 is 1.12 bits per heavy atom. The highest BCUT2D eigenvalue weighted by Crippen LogP contribution is 2.36. The van der Waals surface area contributed by atoms with Crippen LogP contribution in [-0.2, 0) is 0 Å². The van der Waals surface area contributed by atoms with E-state index in [0.717, 1.165) is 11.4 Å². The van der Waals surface area contributed by atoms with Gasteiger partial charge in [-0.1, -0.05) is 103 Å². The smallest absolute Gasteiger partial charge is 0.131 e. The van der Waals surface area contributed by atoms with Crippen LogP contribution in [0.4, 0.5) is 0 Å². The lowest BCUT2D eigenvalue weighted by Crippen LogP contribution is -2.43. The van der Waals surface area contributed by atoms with E-state index in [4.69, 9.17) is 4.99 Å². The van der Waals surface area contributed by atoms with Gasteiger partial charge in [-0.15, -0.1) is 0 Å². The lowest BCUT2D eigenvalue weighted by Gasteiger charge is -2.27. The number of para-hydroxylation sites is 2. The summed E-state index contributed by atoms with van der Waals surface area (Å²) in [7, 11) is 0. The van der Waals surface area contributed by atoms with Crippen LogP contribution in [0.5, 0.6) is 0 Å². The van der Waals surface area contributed by atoms with Crippen LogP contribution < -0.4 is 10.6 Å². The van der Waals surface area contributed by atoms with Crippen molar-refractivity contribution in [3.8, 4) is 5.69 Å². The van der Waals surface area contributed by atoms with Crippen LogP contribution in [0.15, 0.2) is 145 Å². The van der Waals surface area contributed by atoms with E-state index in [9.17, 15) is 0 Å². The number of hydrogen-bond donors (Lipinski definition) is 2. The number of fused-ring (bicyclic) bond motifs is 9. The first kappa shape index (κ1) is 24.2. The zero-order chi connectivity index (χ0) is 28.3. The number of rotatable bonds is 3. The molecule has 0 spiro atoms. The molecule has 43 heavy (non-hydrogen) atoms. The van der Waals surface area contributed by atoms with Gasteiger partial charge in [0, 0.05) is 22.0 Å². The van der Waals surface area contributed by atoms with E-state index in [-0.39, 0.29) is 6.17 Å². The molecule has 0 amide bonds. The Morgan fingerprint density at radius 3 is 1.86 bits per heavy atom. The van der Waals surface area contributed by atoms with Crippen LogP contribution in [0.3, 0.4) is 0 Å². The van der Waals surface area contributed by atoms with Gasteiger partial charge in [-0.2, -0.15) is 0 Å². The molecule has 204 valence electrons. The number of aliphatic imine (C=N–C) groups is 1. The van der Waals surface area contributed by atoms with Crippen LogP contribution in [0.1, 0.15) is 17.3 Å². The molecule has 0 fully saturated rings. The van der Waals surface area contributed by atoms with Gasteiger partial charge in [0.05, 0.1) is 17.7 Å². The van der Waals surface area contributed by atoms with Crippen molar-refractivity contribution in [2.24, 2.45) is 4.99 Å². The molecule has 4 heteroatoms. The van der Waals surface area contributed by atoms with Gasteiger partial charge in [-0.05, 0) is 74.3 Å². The molecule has 1 unspecified atom stereocenters. The first-order valence-electron chi connectivity index (χ1n) is 14.8. The number of amidine groups is 1. The van der Waals surface area contributed by atoms with E-state index in [1.54, 1.807) is 0 Å². The summed E-state index contributed by atoms with van der Waals surface area (Å²) in [6, 6.07) is 50.2. The number of benzene rings is 7. The first-order chi connectivity index (χ1) is 21.3. The van der Waals surface area contributed by atoms with E-state index >= 15 is 0 Å². The molecule has 2 N–H and O–H groups in total. The van der Waals surface area contributed by atoms with E-state index in [1.807, 2.05) is 0 Å². The summed E-state index contributed by atoms with van der Waals surface area (Å²) in [5, 5.41) is 17.4. The predicted octanol–water partition coefficient (Wildman–Crippen LogP) is 8.84. The first-order valence-corrected chi connectivity index (χ1v) is 14.8. The van der Waals surface area contributed by atoms with E-state index in [0.29, 0.717) is 6.67 Å². The molecular formula is C39H28N4. The highest BCUT2D eigenvalue weighted by molar-refractivity contribution is 6.26. The minimum atomic E-state index is -0.0558. The molecule has 1 aliphatic rings. The Bertz CT molecular complexity index is 2350. The zero-order valence-corrected chi connectivity index (χ0v) is 23.5. The maximum absolute atomic E-state index is 4.87. The van der Waals surface area contributed by atoms with Crippen molar-refractivity contribution in [1.29, 1.82) is 0 Å². The highest BCUT2D eigenvalue weighted by Gasteiger charge is 2.21. The van der Waals surface area contributed by atoms with Crippen LogP contribution in [0, 0.1) is 0 Å². The molecule has 2 heterocycles. The van der Waals surface area contributed by atoms with Gasteiger partial charge in [0.15, 0.2) is 0 Å². The maximum atomic E-state index is 4.87. The van der Waals surface area contributed by atoms with Crippen LogP contribution in [0.2, 0.25) is 0 Å². The monoisotopic (exact) mass is 552 g/mol. The van der Waals surface area contributed by atoms with Crippen LogP contribution in [0.25, 0.3) is 59.8 Å². The Hall–Kier alpha value is -5.45. The fraction of sp³-hybridized carbons (Fsp3) is 0.0513. The van der Waals surface area contributed by atoms with Crippen molar-refractivity contribution in [3.63, 3.8) is 0 Å². The Kier molecular flexibility index (Phi) is 5.37. The predicted molar refractivity (Wildman–Crippen MR) is 180 cm³/mol. The van der Waals surface area contributed by atoms with Crippen molar-refractivity contribution in [3.05, 3.63) is 151 Å². The van der Waals surface area contributed by atoms with Gasteiger partial charge >= 0.3 is 0 Å². The molecule has 0 radical (unpaired) electrons. The zero-order valence-electron chi connectivity index (χ0n) is 23.5. The minimum absolute atomic E-state index is 0.0558. The van der Waals surface area contributed by atoms with E-state index < -0.39 is 0 Å². The second kappa shape index (κ2) is 9.55. The van der Waals surface area contributed by atoms with Crippen molar-refractivity contribution < 1.29 is 0 Å². The fourth-order valence-electron chi connectivity index (χ4n) is 6.91. The number of nitrogens with zero attached hydrogens (tertiary/aromatic N) is 2. The van der Waals surface area contributed by atoms with E-state index in [1.165, 1.54) is 65.4 Å². The Labute approximate surface area is 248 Å². The molecule has 1 aliphatic heterocycles. The van der Waals surface area contributed by atoms with Gasteiger partial charge in [0.2, 0.25) is 0 Å². The number of nitrogens with one attached hydrogen (secondary N) is 2. The molecule has 4 nitrogen and oxygen atoms in total. The van der Waals surface area contributed by atoms with Gasteiger partial charge < -0.3 is 9.88 Å². The second-order valence-corrected chi connectivity index (χ2v) is 11.3. The third-order valence-corrected chi connectivity index (χ3v) is 8.88. The molecule has 9 rings (SSSR count). The van der Waals surface area contributed by atoms with Crippen molar-refractivity contribution in [2.45, 2.75) is 6.17 Å². The maximum Gasteiger partial charge on any atom is 0.131 e. The van der Waals surface area contributed by atoms with Crippen LogP contribution >= 0.6 is 0 Å². The summed E-state index contributed by atoms with van der Waals surface area (Å²) < 4.78 is 2.35. The number of hydrogen-bond acceptors (Lipinski definition) is 3. The molecular weight excluding hydrogens is 524 g/mol. The molecule has 0 bridgehead atoms. The SMILES string of the molecule is c1ccc(-n2c3ccccc3c3cc(C4NCN=C(c5ccc6c7ccccc7c7ccccc7c6c5)N4)ccc32)cc1. The normalized spacial score (nSPS) is 15.3. The van der Waals surface area contributed by atoms with E-state index in [2.05, 4.69) is 155 Å².